The highest BCUT2D eigenvalue weighted by atomic mass is 32.2. The van der Waals surface area contributed by atoms with Crippen LogP contribution in [0.5, 0.6) is 23.0 Å². The van der Waals surface area contributed by atoms with Crippen molar-refractivity contribution in [3.63, 3.8) is 0 Å². The molecular weight excluding hydrogens is 576 g/mol. The van der Waals surface area contributed by atoms with E-state index in [4.69, 9.17) is 28.4 Å². The zero-order chi connectivity index (χ0) is 30.2. The van der Waals surface area contributed by atoms with Gasteiger partial charge in [0.05, 0.1) is 0 Å². The summed E-state index contributed by atoms with van der Waals surface area (Å²) in [5, 5.41) is 0. The van der Waals surface area contributed by atoms with Crippen LogP contribution in [0.3, 0.4) is 0 Å². The van der Waals surface area contributed by atoms with Crippen LogP contribution >= 0.6 is 23.5 Å². The van der Waals surface area contributed by atoms with E-state index in [0.29, 0.717) is 23.0 Å². The number of rotatable bonds is 18. The molecule has 0 aliphatic carbocycles. The van der Waals surface area contributed by atoms with Gasteiger partial charge in [-0.3, -0.25) is 0 Å². The summed E-state index contributed by atoms with van der Waals surface area (Å²) in [4.78, 5) is 26.0. The summed E-state index contributed by atoms with van der Waals surface area (Å²) in [6.45, 7) is 7.16. The molecule has 0 amide bonds. The van der Waals surface area contributed by atoms with Crippen LogP contribution in [0, 0.1) is 0 Å². The van der Waals surface area contributed by atoms with Crippen LogP contribution < -0.4 is 18.9 Å². The third-order valence-corrected chi connectivity index (χ3v) is 7.05. The van der Waals surface area contributed by atoms with E-state index < -0.39 is 24.1 Å². The van der Waals surface area contributed by atoms with Gasteiger partial charge < -0.3 is 28.4 Å². The standard InChI is InChI=1S/C32H34O8S2/c1-5-31(33)39-27(19-35-23-10-14-29(41-3)15-11-23)21-37-25-8-7-9-26(18-25)38-22-28(40-32(34)6-2)20-36-24-12-16-30(42-4)17-13-24/h5-18,27-28H,1-2,19-22H2,3-4H3. The van der Waals surface area contributed by atoms with Crippen LogP contribution in [-0.4, -0.2) is 63.1 Å². The fourth-order valence-corrected chi connectivity index (χ4v) is 4.23. The van der Waals surface area contributed by atoms with Crippen molar-refractivity contribution >= 4 is 35.5 Å². The van der Waals surface area contributed by atoms with Crippen molar-refractivity contribution in [3.05, 3.63) is 98.1 Å². The van der Waals surface area contributed by atoms with E-state index >= 15 is 0 Å². The maximum absolute atomic E-state index is 11.9. The first-order chi connectivity index (χ1) is 20.4. The fourth-order valence-electron chi connectivity index (χ4n) is 3.41. The minimum atomic E-state index is -0.690. The molecule has 0 aliphatic heterocycles. The minimum Gasteiger partial charge on any atom is -0.490 e. The molecule has 3 aromatic rings. The van der Waals surface area contributed by atoms with Gasteiger partial charge >= 0.3 is 11.9 Å². The largest absolute Gasteiger partial charge is 0.490 e. The number of carbonyl (C=O) groups is 2. The van der Waals surface area contributed by atoms with Crippen molar-refractivity contribution < 1.29 is 38.0 Å². The van der Waals surface area contributed by atoms with Gasteiger partial charge in [0.15, 0.2) is 12.2 Å². The quantitative estimate of drug-likeness (QED) is 0.0937. The second-order valence-electron chi connectivity index (χ2n) is 8.60. The minimum absolute atomic E-state index is 0.0364. The Labute approximate surface area is 255 Å². The molecule has 0 spiro atoms. The van der Waals surface area contributed by atoms with Crippen LogP contribution in [0.15, 0.2) is 108 Å². The molecule has 2 unspecified atom stereocenters. The van der Waals surface area contributed by atoms with E-state index in [-0.39, 0.29) is 26.4 Å². The molecule has 222 valence electrons. The zero-order valence-corrected chi connectivity index (χ0v) is 25.2. The molecule has 10 heteroatoms. The lowest BCUT2D eigenvalue weighted by atomic mass is 10.3. The number of hydrogen-bond donors (Lipinski definition) is 0. The SMILES string of the molecule is C=CC(=O)OC(COc1ccc(SC)cc1)COc1cccc(OCC(COc2ccc(SC)cc2)OC(=O)C=C)c1. The molecule has 0 N–H and O–H groups in total. The molecule has 0 aromatic heterocycles. The van der Waals surface area contributed by atoms with E-state index in [1.807, 2.05) is 61.0 Å². The lowest BCUT2D eigenvalue weighted by Gasteiger charge is -2.20. The first-order valence-electron chi connectivity index (χ1n) is 13.0. The highest BCUT2D eigenvalue weighted by Gasteiger charge is 2.17. The molecule has 0 saturated carbocycles. The summed E-state index contributed by atoms with van der Waals surface area (Å²) in [7, 11) is 0. The van der Waals surface area contributed by atoms with Crippen molar-refractivity contribution in [2.45, 2.75) is 22.0 Å². The van der Waals surface area contributed by atoms with E-state index in [1.165, 1.54) is 0 Å². The lowest BCUT2D eigenvalue weighted by Crippen LogP contribution is -2.31. The predicted molar refractivity (Wildman–Crippen MR) is 165 cm³/mol. The fraction of sp³-hybridized carbons (Fsp3) is 0.250. The third-order valence-electron chi connectivity index (χ3n) is 5.57. The van der Waals surface area contributed by atoms with Crippen molar-refractivity contribution in [1.29, 1.82) is 0 Å². The molecule has 8 nitrogen and oxygen atoms in total. The normalized spacial score (nSPS) is 11.9. The predicted octanol–water partition coefficient (Wildman–Crippen LogP) is 6.24. The number of hydrogen-bond acceptors (Lipinski definition) is 10. The molecule has 0 radical (unpaired) electrons. The van der Waals surface area contributed by atoms with E-state index in [0.717, 1.165) is 21.9 Å². The monoisotopic (exact) mass is 610 g/mol. The number of ether oxygens (including phenoxy) is 6. The van der Waals surface area contributed by atoms with Gasteiger partial charge in [-0.2, -0.15) is 0 Å². The topological polar surface area (TPSA) is 89.5 Å². The van der Waals surface area contributed by atoms with Gasteiger partial charge in [0.2, 0.25) is 0 Å². The Morgan fingerprint density at radius 3 is 1.31 bits per heavy atom. The Bertz CT molecular complexity index is 1200. The van der Waals surface area contributed by atoms with Crippen LogP contribution in [0.25, 0.3) is 0 Å². The maximum atomic E-state index is 11.9. The molecule has 0 saturated heterocycles. The van der Waals surface area contributed by atoms with E-state index in [1.54, 1.807) is 47.8 Å². The average molecular weight is 611 g/mol. The molecule has 3 rings (SSSR count). The summed E-state index contributed by atoms with van der Waals surface area (Å²) >= 11 is 3.26. The van der Waals surface area contributed by atoms with Gasteiger partial charge in [-0.15, -0.1) is 23.5 Å². The van der Waals surface area contributed by atoms with E-state index in [9.17, 15) is 9.59 Å². The maximum Gasteiger partial charge on any atom is 0.330 e. The Hall–Kier alpha value is -4.02. The summed E-state index contributed by atoms with van der Waals surface area (Å²) in [5.74, 6) is 1.11. The van der Waals surface area contributed by atoms with Gasteiger partial charge in [0, 0.05) is 28.0 Å². The first kappa shape index (κ1) is 32.5. The number of carbonyl (C=O) groups excluding carboxylic acids is 2. The highest BCUT2D eigenvalue weighted by Crippen LogP contribution is 2.23. The van der Waals surface area contributed by atoms with Crippen LogP contribution in [0.4, 0.5) is 0 Å². The second kappa shape index (κ2) is 17.7. The molecular formula is C32H34O8S2. The molecule has 0 heterocycles. The third kappa shape index (κ3) is 11.5. The van der Waals surface area contributed by atoms with Gasteiger partial charge in [-0.1, -0.05) is 19.2 Å². The van der Waals surface area contributed by atoms with Crippen molar-refractivity contribution in [2.75, 3.05) is 38.9 Å². The number of esters is 2. The highest BCUT2D eigenvalue weighted by molar-refractivity contribution is 7.98. The Balaban J connectivity index is 1.56. The van der Waals surface area contributed by atoms with Crippen molar-refractivity contribution in [2.24, 2.45) is 0 Å². The Morgan fingerprint density at radius 1 is 0.619 bits per heavy atom. The first-order valence-corrected chi connectivity index (χ1v) is 15.4. The second-order valence-corrected chi connectivity index (χ2v) is 10.4. The van der Waals surface area contributed by atoms with Crippen LogP contribution in [-0.2, 0) is 19.1 Å². The molecule has 2 atom stereocenters. The molecule has 0 fully saturated rings. The lowest BCUT2D eigenvalue weighted by molar-refractivity contribution is -0.146. The van der Waals surface area contributed by atoms with Crippen LogP contribution in [0.1, 0.15) is 0 Å². The van der Waals surface area contributed by atoms with Crippen molar-refractivity contribution in [3.8, 4) is 23.0 Å². The Morgan fingerprint density at radius 2 is 0.976 bits per heavy atom. The van der Waals surface area contributed by atoms with Gasteiger partial charge in [-0.05, 0) is 73.2 Å². The zero-order valence-electron chi connectivity index (χ0n) is 23.6. The summed E-state index contributed by atoms with van der Waals surface area (Å²) < 4.78 is 34.2. The smallest absolute Gasteiger partial charge is 0.330 e. The number of benzene rings is 3. The summed E-state index contributed by atoms with van der Waals surface area (Å²) in [6, 6.07) is 22.1. The van der Waals surface area contributed by atoms with Gasteiger partial charge in [-0.25, -0.2) is 9.59 Å². The van der Waals surface area contributed by atoms with Gasteiger partial charge in [0.25, 0.3) is 0 Å². The molecule has 0 aliphatic rings. The van der Waals surface area contributed by atoms with E-state index in [2.05, 4.69) is 13.2 Å². The number of thioether (sulfide) groups is 2. The van der Waals surface area contributed by atoms with Crippen LogP contribution in [0.2, 0.25) is 0 Å². The van der Waals surface area contributed by atoms with Gasteiger partial charge in [0.1, 0.15) is 49.4 Å². The average Bonchev–Trinajstić information content (AvgIpc) is 3.04. The molecule has 42 heavy (non-hydrogen) atoms. The molecule has 3 aromatic carbocycles. The summed E-state index contributed by atoms with van der Waals surface area (Å²) in [6.07, 6.45) is 4.79. The summed E-state index contributed by atoms with van der Waals surface area (Å²) in [5.41, 5.74) is 0. The molecule has 0 bridgehead atoms. The Kier molecular flexibility index (Phi) is 13.7. The van der Waals surface area contributed by atoms with Crippen molar-refractivity contribution in [1.82, 2.24) is 0 Å².